The number of methoxy groups -OCH3 is 3. The maximum Gasteiger partial charge on any atom is 0.374 e. The molecule has 0 aliphatic rings. The van der Waals surface area contributed by atoms with Gasteiger partial charge >= 0.3 is 5.89 Å². The molecule has 0 saturated heterocycles. The Bertz CT molecular complexity index is 886. The van der Waals surface area contributed by atoms with Gasteiger partial charge in [-0.3, -0.25) is 0 Å². The van der Waals surface area contributed by atoms with Crippen LogP contribution < -0.4 is 18.8 Å². The van der Waals surface area contributed by atoms with Crippen LogP contribution in [0.15, 0.2) is 40.8 Å². The molecule has 0 bridgehead atoms. The highest BCUT2D eigenvalue weighted by Gasteiger charge is 2.19. The average molecular weight is 340 g/mol. The summed E-state index contributed by atoms with van der Waals surface area (Å²) >= 11 is 0. The first-order valence-corrected chi connectivity index (χ1v) is 8.11. The van der Waals surface area contributed by atoms with Crippen molar-refractivity contribution in [3.05, 3.63) is 47.9 Å². The fraction of sp³-hybridized carbons (Fsp3) is 0.250. The van der Waals surface area contributed by atoms with Gasteiger partial charge in [-0.15, -0.1) is 0 Å². The van der Waals surface area contributed by atoms with Gasteiger partial charge in [0.2, 0.25) is 5.58 Å². The first-order chi connectivity index (χ1) is 12.2. The third-order valence-corrected chi connectivity index (χ3v) is 4.10. The van der Waals surface area contributed by atoms with Crippen molar-refractivity contribution >= 4 is 23.3 Å². The van der Waals surface area contributed by atoms with E-state index in [1.807, 2.05) is 48.6 Å². The molecule has 0 fully saturated rings. The van der Waals surface area contributed by atoms with Crippen LogP contribution in [0.2, 0.25) is 0 Å². The van der Waals surface area contributed by atoms with E-state index in [0.717, 1.165) is 29.1 Å². The molecule has 0 unspecified atom stereocenters. The second-order valence-corrected chi connectivity index (χ2v) is 5.43. The van der Waals surface area contributed by atoms with Crippen LogP contribution in [0.4, 0.5) is 0 Å². The number of nitrogens with zero attached hydrogens (tertiary/aromatic N) is 1. The van der Waals surface area contributed by atoms with Gasteiger partial charge in [0.15, 0.2) is 0 Å². The molecule has 5 heteroatoms. The van der Waals surface area contributed by atoms with Gasteiger partial charge in [0, 0.05) is 18.2 Å². The first kappa shape index (κ1) is 16.9. The number of ether oxygens (including phenoxy) is 3. The number of oxazole rings is 1. The van der Waals surface area contributed by atoms with Gasteiger partial charge in [0.05, 0.1) is 33.0 Å². The summed E-state index contributed by atoms with van der Waals surface area (Å²) in [4.78, 5) is 0. The molecule has 130 valence electrons. The molecule has 0 N–H and O–H groups in total. The van der Waals surface area contributed by atoms with Crippen LogP contribution in [0.1, 0.15) is 18.4 Å². The molecule has 3 rings (SSSR count). The second kappa shape index (κ2) is 7.30. The van der Waals surface area contributed by atoms with E-state index in [2.05, 4.69) is 11.5 Å². The van der Waals surface area contributed by atoms with Crippen molar-refractivity contribution in [1.82, 2.24) is 0 Å². The Morgan fingerprint density at radius 3 is 2.24 bits per heavy atom. The highest BCUT2D eigenvalue weighted by atomic mass is 16.5. The zero-order valence-electron chi connectivity index (χ0n) is 14.9. The van der Waals surface area contributed by atoms with Crippen molar-refractivity contribution < 1.29 is 23.2 Å². The minimum Gasteiger partial charge on any atom is -0.496 e. The van der Waals surface area contributed by atoms with E-state index in [9.17, 15) is 0 Å². The van der Waals surface area contributed by atoms with Gasteiger partial charge in [-0.25, -0.2) is 0 Å². The molecule has 1 heterocycles. The summed E-state index contributed by atoms with van der Waals surface area (Å²) in [6.45, 7) is 2.90. The van der Waals surface area contributed by atoms with Gasteiger partial charge in [0.1, 0.15) is 23.8 Å². The summed E-state index contributed by atoms with van der Waals surface area (Å²) in [5.74, 6) is 2.79. The third-order valence-electron chi connectivity index (χ3n) is 4.10. The van der Waals surface area contributed by atoms with Crippen molar-refractivity contribution in [2.45, 2.75) is 13.5 Å². The summed E-state index contributed by atoms with van der Waals surface area (Å²) in [5.41, 5.74) is 2.75. The molecule has 0 aliphatic heterocycles. The Labute approximate surface area is 147 Å². The predicted molar refractivity (Wildman–Crippen MR) is 97.1 cm³/mol. The summed E-state index contributed by atoms with van der Waals surface area (Å²) < 4.78 is 24.4. The third kappa shape index (κ3) is 3.18. The van der Waals surface area contributed by atoms with Crippen LogP contribution in [0, 0.1) is 0 Å². The van der Waals surface area contributed by atoms with E-state index >= 15 is 0 Å². The lowest BCUT2D eigenvalue weighted by Crippen LogP contribution is -2.33. The van der Waals surface area contributed by atoms with Crippen LogP contribution >= 0.6 is 0 Å². The van der Waals surface area contributed by atoms with Crippen molar-refractivity contribution in [1.29, 1.82) is 0 Å². The lowest BCUT2D eigenvalue weighted by atomic mass is 10.1. The Balaban J connectivity index is 2.08. The standard InChI is InChI=1S/C20H22NO4/c1-5-21-16-8-6-7-9-17(16)25-20(21)11-10-15-18(23-3)12-14(22-2)13-19(15)24-4/h6-13H,5H2,1-4H3/q+1/b11-10+. The molecular formula is C20H22NO4+. The molecule has 0 radical (unpaired) electrons. The molecule has 0 aliphatic carbocycles. The summed E-state index contributed by atoms with van der Waals surface area (Å²) in [7, 11) is 4.86. The molecule has 2 aromatic carbocycles. The normalized spacial score (nSPS) is 11.2. The van der Waals surface area contributed by atoms with Crippen LogP contribution in [0.3, 0.4) is 0 Å². The van der Waals surface area contributed by atoms with Crippen LogP contribution in [0.5, 0.6) is 17.2 Å². The number of para-hydroxylation sites is 2. The lowest BCUT2D eigenvalue weighted by molar-refractivity contribution is -0.674. The second-order valence-electron chi connectivity index (χ2n) is 5.43. The van der Waals surface area contributed by atoms with E-state index < -0.39 is 0 Å². The quantitative estimate of drug-likeness (QED) is 0.638. The van der Waals surface area contributed by atoms with E-state index in [0.29, 0.717) is 17.2 Å². The number of fused-ring (bicyclic) bond motifs is 1. The molecule has 0 spiro atoms. The maximum absolute atomic E-state index is 5.97. The molecule has 3 aromatic rings. The maximum atomic E-state index is 5.97. The lowest BCUT2D eigenvalue weighted by Gasteiger charge is -2.12. The van der Waals surface area contributed by atoms with E-state index in [1.54, 1.807) is 21.3 Å². The van der Waals surface area contributed by atoms with Crippen molar-refractivity contribution in [2.75, 3.05) is 21.3 Å². The molecule has 25 heavy (non-hydrogen) atoms. The summed E-state index contributed by atoms with van der Waals surface area (Å²) in [5, 5.41) is 0. The minimum absolute atomic E-state index is 0.673. The van der Waals surface area contributed by atoms with E-state index in [-0.39, 0.29) is 0 Å². The monoisotopic (exact) mass is 340 g/mol. The van der Waals surface area contributed by atoms with Gasteiger partial charge in [-0.05, 0) is 19.1 Å². The molecule has 5 nitrogen and oxygen atoms in total. The smallest absolute Gasteiger partial charge is 0.374 e. The summed E-state index contributed by atoms with van der Waals surface area (Å²) in [6, 6.07) is 11.6. The topological polar surface area (TPSA) is 44.7 Å². The number of aryl methyl sites for hydroxylation is 1. The van der Waals surface area contributed by atoms with Crippen molar-refractivity contribution in [2.24, 2.45) is 0 Å². The fourth-order valence-corrected chi connectivity index (χ4v) is 2.85. The molecule has 0 saturated carbocycles. The number of hydrogen-bond donors (Lipinski definition) is 0. The van der Waals surface area contributed by atoms with Gasteiger partial charge in [0.25, 0.3) is 5.52 Å². The number of rotatable bonds is 6. The predicted octanol–water partition coefficient (Wildman–Crippen LogP) is 3.94. The Hall–Kier alpha value is -2.95. The molecule has 0 amide bonds. The van der Waals surface area contributed by atoms with Crippen LogP contribution in [-0.2, 0) is 6.54 Å². The number of aromatic nitrogens is 1. The van der Waals surface area contributed by atoms with E-state index in [1.165, 1.54) is 0 Å². The zero-order valence-corrected chi connectivity index (χ0v) is 14.9. The van der Waals surface area contributed by atoms with Gasteiger partial charge < -0.3 is 18.6 Å². The number of hydrogen-bond acceptors (Lipinski definition) is 4. The Kier molecular flexibility index (Phi) is 4.93. The summed E-state index contributed by atoms with van der Waals surface area (Å²) in [6.07, 6.45) is 3.86. The van der Waals surface area contributed by atoms with Crippen LogP contribution in [-0.4, -0.2) is 21.3 Å². The SMILES string of the molecule is CC[n+]1c(/C=C/c2c(OC)cc(OC)cc2OC)oc2ccccc21. The van der Waals surface area contributed by atoms with Gasteiger partial charge in [-0.2, -0.15) is 4.57 Å². The molecule has 1 aromatic heterocycles. The zero-order chi connectivity index (χ0) is 17.8. The number of benzene rings is 2. The largest absolute Gasteiger partial charge is 0.496 e. The fourth-order valence-electron chi connectivity index (χ4n) is 2.85. The molecular weight excluding hydrogens is 318 g/mol. The van der Waals surface area contributed by atoms with E-state index in [4.69, 9.17) is 18.6 Å². The Morgan fingerprint density at radius 2 is 1.64 bits per heavy atom. The first-order valence-electron chi connectivity index (χ1n) is 8.11. The average Bonchev–Trinajstić information content (AvgIpc) is 3.02. The highest BCUT2D eigenvalue weighted by molar-refractivity contribution is 5.76. The van der Waals surface area contributed by atoms with Gasteiger partial charge in [-0.1, -0.05) is 12.1 Å². The van der Waals surface area contributed by atoms with Crippen LogP contribution in [0.25, 0.3) is 23.3 Å². The Morgan fingerprint density at radius 1 is 0.960 bits per heavy atom. The van der Waals surface area contributed by atoms with Crippen molar-refractivity contribution in [3.63, 3.8) is 0 Å². The molecule has 0 atom stereocenters. The van der Waals surface area contributed by atoms with Crippen molar-refractivity contribution in [3.8, 4) is 17.2 Å². The highest BCUT2D eigenvalue weighted by Crippen LogP contribution is 2.35. The minimum atomic E-state index is 0.673.